The molecule has 3 heteroatoms. The van der Waals surface area contributed by atoms with E-state index in [1.165, 1.54) is 26.7 Å². The average Bonchev–Trinajstić information content (AvgIpc) is 2.68. The lowest BCUT2D eigenvalue weighted by Crippen LogP contribution is -2.45. The Kier molecular flexibility index (Phi) is 2.96. The molecule has 1 aliphatic rings. The van der Waals surface area contributed by atoms with E-state index in [1.807, 2.05) is 6.92 Å². The standard InChI is InChI=1S/C10H19NO2/c1-7(6-8-4-5-8)11-9(12)10(2,3)13/h7-8,13H,4-6H2,1-3H3,(H,11,12). The summed E-state index contributed by atoms with van der Waals surface area (Å²) >= 11 is 0. The fourth-order valence-corrected chi connectivity index (χ4v) is 1.31. The molecule has 0 aliphatic heterocycles. The third-order valence-corrected chi connectivity index (χ3v) is 2.32. The van der Waals surface area contributed by atoms with Crippen LogP contribution in [0.15, 0.2) is 0 Å². The molecule has 1 saturated carbocycles. The van der Waals surface area contributed by atoms with E-state index >= 15 is 0 Å². The molecule has 2 N–H and O–H groups in total. The number of aliphatic hydroxyl groups is 1. The zero-order valence-corrected chi connectivity index (χ0v) is 8.63. The number of amides is 1. The van der Waals surface area contributed by atoms with Crippen molar-refractivity contribution in [2.45, 2.75) is 51.7 Å². The Bertz CT molecular complexity index is 192. The maximum absolute atomic E-state index is 11.3. The molecule has 76 valence electrons. The first kappa shape index (κ1) is 10.5. The van der Waals surface area contributed by atoms with Gasteiger partial charge in [0, 0.05) is 6.04 Å². The van der Waals surface area contributed by atoms with Crippen molar-refractivity contribution in [1.29, 1.82) is 0 Å². The van der Waals surface area contributed by atoms with E-state index in [-0.39, 0.29) is 11.9 Å². The zero-order chi connectivity index (χ0) is 10.1. The topological polar surface area (TPSA) is 49.3 Å². The second kappa shape index (κ2) is 3.66. The summed E-state index contributed by atoms with van der Waals surface area (Å²) in [6.45, 7) is 5.00. The molecule has 0 aromatic carbocycles. The number of hydrogen-bond donors (Lipinski definition) is 2. The predicted octanol–water partition coefficient (Wildman–Crippen LogP) is 1.06. The maximum atomic E-state index is 11.3. The molecule has 0 bridgehead atoms. The molecule has 0 spiro atoms. The zero-order valence-electron chi connectivity index (χ0n) is 8.63. The van der Waals surface area contributed by atoms with Crippen molar-refractivity contribution in [2.24, 2.45) is 5.92 Å². The predicted molar refractivity (Wildman–Crippen MR) is 51.2 cm³/mol. The summed E-state index contributed by atoms with van der Waals surface area (Å²) in [5.74, 6) is 0.526. The highest BCUT2D eigenvalue weighted by atomic mass is 16.3. The molecule has 0 radical (unpaired) electrons. The van der Waals surface area contributed by atoms with Crippen LogP contribution in [0.4, 0.5) is 0 Å². The lowest BCUT2D eigenvalue weighted by atomic mass is 10.1. The van der Waals surface area contributed by atoms with Gasteiger partial charge in [0.25, 0.3) is 5.91 Å². The summed E-state index contributed by atoms with van der Waals surface area (Å²) in [6.07, 6.45) is 3.63. The van der Waals surface area contributed by atoms with Crippen LogP contribution in [0.5, 0.6) is 0 Å². The van der Waals surface area contributed by atoms with Gasteiger partial charge in [0.05, 0.1) is 0 Å². The van der Waals surface area contributed by atoms with Gasteiger partial charge in [-0.3, -0.25) is 4.79 Å². The molecule has 13 heavy (non-hydrogen) atoms. The van der Waals surface area contributed by atoms with E-state index in [2.05, 4.69) is 5.32 Å². The van der Waals surface area contributed by atoms with Gasteiger partial charge in [0.1, 0.15) is 5.60 Å². The summed E-state index contributed by atoms with van der Waals surface area (Å²) in [7, 11) is 0. The van der Waals surface area contributed by atoms with Gasteiger partial charge in [-0.15, -0.1) is 0 Å². The second-order valence-electron chi connectivity index (χ2n) is 4.61. The van der Waals surface area contributed by atoms with Crippen molar-refractivity contribution in [3.8, 4) is 0 Å². The minimum absolute atomic E-state index is 0.187. The molecule has 1 fully saturated rings. The fourth-order valence-electron chi connectivity index (χ4n) is 1.31. The van der Waals surface area contributed by atoms with Crippen LogP contribution >= 0.6 is 0 Å². The third kappa shape index (κ3) is 3.77. The normalized spacial score (nSPS) is 19.7. The first-order valence-corrected chi connectivity index (χ1v) is 4.93. The van der Waals surface area contributed by atoms with E-state index in [0.29, 0.717) is 0 Å². The molecule has 1 atom stereocenters. The highest BCUT2D eigenvalue weighted by molar-refractivity contribution is 5.84. The van der Waals surface area contributed by atoms with Gasteiger partial charge in [-0.05, 0) is 33.1 Å². The van der Waals surface area contributed by atoms with Gasteiger partial charge in [0.2, 0.25) is 0 Å². The van der Waals surface area contributed by atoms with Gasteiger partial charge < -0.3 is 10.4 Å². The van der Waals surface area contributed by atoms with Crippen molar-refractivity contribution >= 4 is 5.91 Å². The largest absolute Gasteiger partial charge is 0.381 e. The molecule has 1 rings (SSSR count). The molecule has 1 amide bonds. The lowest BCUT2D eigenvalue weighted by molar-refractivity contribution is -0.137. The average molecular weight is 185 g/mol. The summed E-state index contributed by atoms with van der Waals surface area (Å²) in [5, 5.41) is 12.2. The Hall–Kier alpha value is -0.570. The van der Waals surface area contributed by atoms with Crippen LogP contribution in [0.2, 0.25) is 0 Å². The van der Waals surface area contributed by atoms with E-state index in [4.69, 9.17) is 0 Å². The summed E-state index contributed by atoms with van der Waals surface area (Å²) in [6, 6.07) is 0.187. The van der Waals surface area contributed by atoms with Crippen LogP contribution in [0.1, 0.15) is 40.0 Å². The van der Waals surface area contributed by atoms with E-state index in [1.54, 1.807) is 0 Å². The van der Waals surface area contributed by atoms with E-state index in [9.17, 15) is 9.90 Å². The molecule has 1 unspecified atom stereocenters. The Morgan fingerprint density at radius 3 is 2.54 bits per heavy atom. The van der Waals surface area contributed by atoms with Gasteiger partial charge in [-0.25, -0.2) is 0 Å². The van der Waals surface area contributed by atoms with Crippen molar-refractivity contribution in [1.82, 2.24) is 5.32 Å². The van der Waals surface area contributed by atoms with Gasteiger partial charge in [0.15, 0.2) is 0 Å². The number of nitrogens with one attached hydrogen (secondary N) is 1. The lowest BCUT2D eigenvalue weighted by Gasteiger charge is -2.20. The van der Waals surface area contributed by atoms with Crippen LogP contribution in [0.25, 0.3) is 0 Å². The van der Waals surface area contributed by atoms with Crippen LogP contribution in [-0.4, -0.2) is 22.7 Å². The summed E-state index contributed by atoms with van der Waals surface area (Å²) in [5.41, 5.74) is -1.25. The smallest absolute Gasteiger partial charge is 0.251 e. The second-order valence-corrected chi connectivity index (χ2v) is 4.61. The Labute approximate surface area is 79.5 Å². The van der Waals surface area contributed by atoms with Crippen LogP contribution < -0.4 is 5.32 Å². The van der Waals surface area contributed by atoms with Gasteiger partial charge >= 0.3 is 0 Å². The summed E-state index contributed by atoms with van der Waals surface area (Å²) < 4.78 is 0. The van der Waals surface area contributed by atoms with Gasteiger partial charge in [-0.1, -0.05) is 12.8 Å². The first-order chi connectivity index (χ1) is 5.89. The van der Waals surface area contributed by atoms with E-state index < -0.39 is 5.60 Å². The third-order valence-electron chi connectivity index (χ3n) is 2.32. The molecule has 0 saturated heterocycles. The molecule has 0 aromatic heterocycles. The first-order valence-electron chi connectivity index (χ1n) is 4.93. The number of carbonyl (C=O) groups excluding carboxylic acids is 1. The SMILES string of the molecule is CC(CC1CC1)NC(=O)C(C)(C)O. The number of carbonyl (C=O) groups is 1. The van der Waals surface area contributed by atoms with Crippen molar-refractivity contribution in [3.05, 3.63) is 0 Å². The molecule has 1 aliphatic carbocycles. The molecule has 0 heterocycles. The monoisotopic (exact) mass is 185 g/mol. The Balaban J connectivity index is 2.25. The van der Waals surface area contributed by atoms with Crippen molar-refractivity contribution in [2.75, 3.05) is 0 Å². The Morgan fingerprint density at radius 2 is 2.15 bits per heavy atom. The highest BCUT2D eigenvalue weighted by Gasteiger charge is 2.28. The highest BCUT2D eigenvalue weighted by Crippen LogP contribution is 2.33. The minimum Gasteiger partial charge on any atom is -0.381 e. The molecule has 0 aromatic rings. The fraction of sp³-hybridized carbons (Fsp3) is 0.900. The quantitative estimate of drug-likeness (QED) is 0.688. The van der Waals surface area contributed by atoms with Crippen molar-refractivity contribution in [3.63, 3.8) is 0 Å². The minimum atomic E-state index is -1.25. The summed E-state index contributed by atoms with van der Waals surface area (Å²) in [4.78, 5) is 11.3. The van der Waals surface area contributed by atoms with Crippen LogP contribution in [-0.2, 0) is 4.79 Å². The van der Waals surface area contributed by atoms with Crippen LogP contribution in [0, 0.1) is 5.92 Å². The maximum Gasteiger partial charge on any atom is 0.251 e. The van der Waals surface area contributed by atoms with E-state index in [0.717, 1.165) is 12.3 Å². The number of rotatable bonds is 4. The van der Waals surface area contributed by atoms with Crippen LogP contribution in [0.3, 0.4) is 0 Å². The Morgan fingerprint density at radius 1 is 1.62 bits per heavy atom. The number of hydrogen-bond acceptors (Lipinski definition) is 2. The van der Waals surface area contributed by atoms with Gasteiger partial charge in [-0.2, -0.15) is 0 Å². The molecule has 3 nitrogen and oxygen atoms in total. The van der Waals surface area contributed by atoms with Crippen molar-refractivity contribution < 1.29 is 9.90 Å². The molecular formula is C10H19NO2. The molecular weight excluding hydrogens is 166 g/mol.